The van der Waals surface area contributed by atoms with E-state index in [0.29, 0.717) is 5.69 Å². The van der Waals surface area contributed by atoms with Gasteiger partial charge in [0.1, 0.15) is 6.04 Å². The van der Waals surface area contributed by atoms with E-state index in [1.54, 1.807) is 17.8 Å². The number of nitrogen functional groups attached to an aromatic ring is 1. The van der Waals surface area contributed by atoms with Crippen molar-refractivity contribution in [3.05, 3.63) is 12.4 Å². The van der Waals surface area contributed by atoms with Crippen LogP contribution in [0.15, 0.2) is 12.4 Å². The van der Waals surface area contributed by atoms with E-state index in [-0.39, 0.29) is 17.5 Å². The first-order valence-electron chi connectivity index (χ1n) is 4.91. The molecule has 15 heavy (non-hydrogen) atoms. The van der Waals surface area contributed by atoms with Crippen LogP contribution in [0.4, 0.5) is 5.69 Å². The summed E-state index contributed by atoms with van der Waals surface area (Å²) in [6.45, 7) is 7.60. The van der Waals surface area contributed by atoms with E-state index in [2.05, 4.69) is 10.4 Å². The summed E-state index contributed by atoms with van der Waals surface area (Å²) in [5, 5.41) is 6.88. The van der Waals surface area contributed by atoms with Gasteiger partial charge in [0.05, 0.1) is 11.9 Å². The van der Waals surface area contributed by atoms with Crippen molar-refractivity contribution in [3.63, 3.8) is 0 Å². The molecule has 0 aromatic carbocycles. The Balaban J connectivity index is 2.69. The van der Waals surface area contributed by atoms with Gasteiger partial charge in [-0.1, -0.05) is 0 Å². The van der Waals surface area contributed by atoms with Crippen LogP contribution in [-0.4, -0.2) is 21.2 Å². The summed E-state index contributed by atoms with van der Waals surface area (Å²) >= 11 is 0. The predicted molar refractivity (Wildman–Crippen MR) is 59.2 cm³/mol. The molecule has 0 saturated carbocycles. The minimum Gasteiger partial charge on any atom is -0.396 e. The lowest BCUT2D eigenvalue weighted by Gasteiger charge is -2.23. The molecule has 0 aliphatic rings. The number of nitrogens with one attached hydrogen (secondary N) is 1. The average Bonchev–Trinajstić information content (AvgIpc) is 2.47. The van der Waals surface area contributed by atoms with Gasteiger partial charge in [-0.05, 0) is 27.7 Å². The number of aromatic nitrogens is 2. The van der Waals surface area contributed by atoms with Gasteiger partial charge in [0.2, 0.25) is 5.91 Å². The lowest BCUT2D eigenvalue weighted by Crippen LogP contribution is -2.43. The Hall–Kier alpha value is -1.52. The molecule has 5 heteroatoms. The first-order valence-corrected chi connectivity index (χ1v) is 4.91. The Morgan fingerprint density at radius 1 is 1.60 bits per heavy atom. The summed E-state index contributed by atoms with van der Waals surface area (Å²) in [5.74, 6) is -0.0643. The van der Waals surface area contributed by atoms with E-state index in [1.165, 1.54) is 6.20 Å². The van der Waals surface area contributed by atoms with Gasteiger partial charge in [0, 0.05) is 11.7 Å². The third-order valence-corrected chi connectivity index (χ3v) is 1.90. The van der Waals surface area contributed by atoms with Crippen LogP contribution in [0.3, 0.4) is 0 Å². The van der Waals surface area contributed by atoms with Crippen molar-refractivity contribution in [2.45, 2.75) is 39.3 Å². The Morgan fingerprint density at radius 2 is 2.20 bits per heavy atom. The molecule has 3 N–H and O–H groups in total. The Kier molecular flexibility index (Phi) is 3.02. The van der Waals surface area contributed by atoms with Gasteiger partial charge in [-0.25, -0.2) is 0 Å². The zero-order valence-electron chi connectivity index (χ0n) is 9.61. The molecule has 1 atom stereocenters. The molecular weight excluding hydrogens is 192 g/mol. The standard InChI is InChI=1S/C10H18N4O/c1-7(9(15)13-10(2,3)4)14-6-8(11)5-12-14/h5-7H,11H2,1-4H3,(H,13,15). The maximum Gasteiger partial charge on any atom is 0.244 e. The second-order valence-corrected chi connectivity index (χ2v) is 4.67. The number of nitrogens with zero attached hydrogens (tertiary/aromatic N) is 2. The number of amides is 1. The van der Waals surface area contributed by atoms with Crippen LogP contribution < -0.4 is 11.1 Å². The Labute approximate surface area is 89.6 Å². The number of rotatable bonds is 2. The predicted octanol–water partition coefficient (Wildman–Crippen LogP) is 0.941. The van der Waals surface area contributed by atoms with Crippen molar-refractivity contribution >= 4 is 11.6 Å². The first-order chi connectivity index (χ1) is 6.79. The van der Waals surface area contributed by atoms with Crippen molar-refractivity contribution < 1.29 is 4.79 Å². The highest BCUT2D eigenvalue weighted by molar-refractivity contribution is 5.80. The molecule has 1 aromatic rings. The van der Waals surface area contributed by atoms with E-state index >= 15 is 0 Å². The summed E-state index contributed by atoms with van der Waals surface area (Å²) in [6.07, 6.45) is 3.17. The molecule has 5 nitrogen and oxygen atoms in total. The molecule has 0 fully saturated rings. The molecule has 0 aliphatic heterocycles. The minimum atomic E-state index is -0.346. The van der Waals surface area contributed by atoms with Gasteiger partial charge in [-0.3, -0.25) is 9.48 Å². The lowest BCUT2D eigenvalue weighted by atomic mass is 10.1. The maximum atomic E-state index is 11.8. The quantitative estimate of drug-likeness (QED) is 0.763. The molecule has 0 aliphatic carbocycles. The summed E-state index contributed by atoms with van der Waals surface area (Å²) < 4.78 is 1.55. The first kappa shape index (κ1) is 11.6. The fraction of sp³-hybridized carbons (Fsp3) is 0.600. The maximum absolute atomic E-state index is 11.8. The number of carbonyl (C=O) groups is 1. The normalized spacial score (nSPS) is 13.6. The smallest absolute Gasteiger partial charge is 0.244 e. The highest BCUT2D eigenvalue weighted by atomic mass is 16.2. The summed E-state index contributed by atoms with van der Waals surface area (Å²) in [5.41, 5.74) is 5.86. The zero-order chi connectivity index (χ0) is 11.6. The molecule has 1 heterocycles. The van der Waals surface area contributed by atoms with E-state index in [9.17, 15) is 4.79 Å². The zero-order valence-corrected chi connectivity index (χ0v) is 9.61. The monoisotopic (exact) mass is 210 g/mol. The topological polar surface area (TPSA) is 72.9 Å². The highest BCUT2D eigenvalue weighted by Crippen LogP contribution is 2.09. The molecule has 1 aromatic heterocycles. The van der Waals surface area contributed by atoms with E-state index in [1.807, 2.05) is 20.8 Å². The van der Waals surface area contributed by atoms with Crippen molar-refractivity contribution in [1.29, 1.82) is 0 Å². The van der Waals surface area contributed by atoms with Gasteiger partial charge in [-0.15, -0.1) is 0 Å². The van der Waals surface area contributed by atoms with Gasteiger partial charge in [-0.2, -0.15) is 5.10 Å². The van der Waals surface area contributed by atoms with Crippen LogP contribution in [0.1, 0.15) is 33.7 Å². The van der Waals surface area contributed by atoms with Crippen LogP contribution in [0.25, 0.3) is 0 Å². The molecule has 0 saturated heterocycles. The van der Waals surface area contributed by atoms with Crippen LogP contribution in [0, 0.1) is 0 Å². The largest absolute Gasteiger partial charge is 0.396 e. The minimum absolute atomic E-state index is 0.0643. The van der Waals surface area contributed by atoms with Gasteiger partial charge in [0.25, 0.3) is 0 Å². The fourth-order valence-electron chi connectivity index (χ4n) is 1.16. The van der Waals surface area contributed by atoms with Crippen LogP contribution in [-0.2, 0) is 4.79 Å². The molecular formula is C10H18N4O. The average molecular weight is 210 g/mol. The van der Waals surface area contributed by atoms with E-state index in [0.717, 1.165) is 0 Å². The van der Waals surface area contributed by atoms with Gasteiger partial charge < -0.3 is 11.1 Å². The summed E-state index contributed by atoms with van der Waals surface area (Å²) in [6, 6.07) is -0.346. The number of nitrogens with two attached hydrogens (primary N) is 1. The van der Waals surface area contributed by atoms with Crippen molar-refractivity contribution in [1.82, 2.24) is 15.1 Å². The van der Waals surface area contributed by atoms with Crippen LogP contribution in [0.5, 0.6) is 0 Å². The second-order valence-electron chi connectivity index (χ2n) is 4.67. The lowest BCUT2D eigenvalue weighted by molar-refractivity contribution is -0.125. The number of hydrogen-bond donors (Lipinski definition) is 2. The fourth-order valence-corrected chi connectivity index (χ4v) is 1.16. The Morgan fingerprint density at radius 3 is 2.60 bits per heavy atom. The molecule has 1 amide bonds. The molecule has 0 radical (unpaired) electrons. The highest BCUT2D eigenvalue weighted by Gasteiger charge is 2.20. The molecule has 1 rings (SSSR count). The molecule has 1 unspecified atom stereocenters. The van der Waals surface area contributed by atoms with Crippen LogP contribution in [0.2, 0.25) is 0 Å². The second kappa shape index (κ2) is 3.92. The third kappa shape index (κ3) is 3.27. The number of anilines is 1. The summed E-state index contributed by atoms with van der Waals surface area (Å²) in [7, 11) is 0. The van der Waals surface area contributed by atoms with Crippen molar-refractivity contribution in [2.75, 3.05) is 5.73 Å². The summed E-state index contributed by atoms with van der Waals surface area (Å²) in [4.78, 5) is 11.8. The number of carbonyl (C=O) groups excluding carboxylic acids is 1. The van der Waals surface area contributed by atoms with Crippen LogP contribution >= 0.6 is 0 Å². The SMILES string of the molecule is CC(C(=O)NC(C)(C)C)n1cc(N)cn1. The third-order valence-electron chi connectivity index (χ3n) is 1.90. The van der Waals surface area contributed by atoms with Gasteiger partial charge >= 0.3 is 0 Å². The number of hydrogen-bond acceptors (Lipinski definition) is 3. The molecule has 0 bridgehead atoms. The Bertz CT molecular complexity index is 351. The van der Waals surface area contributed by atoms with Gasteiger partial charge in [0.15, 0.2) is 0 Å². The van der Waals surface area contributed by atoms with E-state index < -0.39 is 0 Å². The molecule has 0 spiro atoms. The molecule has 84 valence electrons. The van der Waals surface area contributed by atoms with Crippen molar-refractivity contribution in [3.8, 4) is 0 Å². The van der Waals surface area contributed by atoms with E-state index in [4.69, 9.17) is 5.73 Å². The van der Waals surface area contributed by atoms with Crippen molar-refractivity contribution in [2.24, 2.45) is 0 Å².